The second-order valence-corrected chi connectivity index (χ2v) is 7.04. The lowest BCUT2D eigenvalue weighted by Gasteiger charge is -2.08. The molecule has 8 heteroatoms. The van der Waals surface area contributed by atoms with Crippen LogP contribution < -0.4 is 25.0 Å². The van der Waals surface area contributed by atoms with Crippen LogP contribution in [0.25, 0.3) is 0 Å². The molecule has 0 bridgehead atoms. The van der Waals surface area contributed by atoms with Crippen molar-refractivity contribution in [1.29, 1.82) is 0 Å². The molecule has 0 aliphatic heterocycles. The smallest absolute Gasteiger partial charge is 0.271 e. The Hall–Kier alpha value is -4.33. The number of nitrogens with zero attached hydrogens (tertiary/aromatic N) is 1. The summed E-state index contributed by atoms with van der Waals surface area (Å²) in [4.78, 5) is 24.3. The first-order chi connectivity index (χ1) is 16.0. The van der Waals surface area contributed by atoms with Crippen LogP contribution in [0.2, 0.25) is 0 Å². The minimum atomic E-state index is -0.383. The molecule has 0 aliphatic carbocycles. The van der Waals surface area contributed by atoms with Gasteiger partial charge in [-0.2, -0.15) is 5.10 Å². The number of carbonyl (C=O) groups is 2. The van der Waals surface area contributed by atoms with E-state index in [1.54, 1.807) is 42.5 Å². The number of carbonyl (C=O) groups excluding carboxylic acids is 2. The van der Waals surface area contributed by atoms with Gasteiger partial charge in [0.05, 0.1) is 20.4 Å². The number of nitrogens with one attached hydrogen (secondary N) is 2. The molecule has 2 N–H and O–H groups in total. The van der Waals surface area contributed by atoms with Crippen LogP contribution in [-0.4, -0.2) is 38.9 Å². The van der Waals surface area contributed by atoms with Gasteiger partial charge in [-0.1, -0.05) is 17.7 Å². The third-order valence-corrected chi connectivity index (χ3v) is 4.61. The molecule has 33 heavy (non-hydrogen) atoms. The van der Waals surface area contributed by atoms with Crippen molar-refractivity contribution in [3.63, 3.8) is 0 Å². The molecule has 3 aromatic carbocycles. The molecule has 0 saturated heterocycles. The van der Waals surface area contributed by atoms with Crippen LogP contribution in [-0.2, 0) is 4.79 Å². The van der Waals surface area contributed by atoms with E-state index in [1.165, 1.54) is 20.4 Å². The highest BCUT2D eigenvalue weighted by molar-refractivity contribution is 5.95. The Bertz CT molecular complexity index is 1130. The molecule has 0 saturated carbocycles. The van der Waals surface area contributed by atoms with Crippen molar-refractivity contribution in [3.05, 3.63) is 83.4 Å². The van der Waals surface area contributed by atoms with Crippen LogP contribution in [0.5, 0.6) is 17.2 Å². The number of anilines is 1. The van der Waals surface area contributed by atoms with Crippen LogP contribution in [0.3, 0.4) is 0 Å². The van der Waals surface area contributed by atoms with Crippen molar-refractivity contribution in [3.8, 4) is 17.2 Å². The lowest BCUT2D eigenvalue weighted by atomic mass is 10.2. The molecule has 0 aliphatic rings. The largest absolute Gasteiger partial charge is 0.493 e. The minimum absolute atomic E-state index is 0.108. The number of ether oxygens (including phenoxy) is 3. The predicted molar refractivity (Wildman–Crippen MR) is 126 cm³/mol. The first-order valence-electron chi connectivity index (χ1n) is 10.1. The van der Waals surface area contributed by atoms with Gasteiger partial charge in [0.15, 0.2) is 18.1 Å². The standard InChI is InChI=1S/C25H25N3O5/c1-17-4-9-20(10-5-17)27-24(29)16-33-21-11-6-18(7-12-21)15-26-28-25(30)19-8-13-22(31-2)23(14-19)32-3/h4-15H,16H2,1-3H3,(H,27,29)(H,28,30)/b26-15+. The molecule has 8 nitrogen and oxygen atoms in total. The first-order valence-corrected chi connectivity index (χ1v) is 10.1. The van der Waals surface area contributed by atoms with E-state index >= 15 is 0 Å². The summed E-state index contributed by atoms with van der Waals surface area (Å²) < 4.78 is 15.9. The van der Waals surface area contributed by atoms with Crippen LogP contribution in [0.15, 0.2) is 71.8 Å². The molecule has 170 valence electrons. The predicted octanol–water partition coefficient (Wildman–Crippen LogP) is 3.79. The number of hydrogen-bond acceptors (Lipinski definition) is 6. The quantitative estimate of drug-likeness (QED) is 0.384. The number of methoxy groups -OCH3 is 2. The molecular formula is C25H25N3O5. The van der Waals surface area contributed by atoms with Gasteiger partial charge in [-0.3, -0.25) is 9.59 Å². The number of benzene rings is 3. The average molecular weight is 447 g/mol. The van der Waals surface area contributed by atoms with E-state index < -0.39 is 0 Å². The third-order valence-electron chi connectivity index (χ3n) is 4.61. The van der Waals surface area contributed by atoms with E-state index in [9.17, 15) is 9.59 Å². The van der Waals surface area contributed by atoms with Gasteiger partial charge in [-0.05, 0) is 67.1 Å². The summed E-state index contributed by atoms with van der Waals surface area (Å²) in [6.45, 7) is 1.87. The Morgan fingerprint density at radius 3 is 2.27 bits per heavy atom. The minimum Gasteiger partial charge on any atom is -0.493 e. The molecule has 0 unspecified atom stereocenters. The van der Waals surface area contributed by atoms with Gasteiger partial charge in [0.2, 0.25) is 0 Å². The molecule has 3 rings (SSSR count). The SMILES string of the molecule is COc1ccc(C(=O)N/N=C/c2ccc(OCC(=O)Nc3ccc(C)cc3)cc2)cc1OC. The molecule has 0 fully saturated rings. The van der Waals surface area contributed by atoms with Crippen molar-refractivity contribution < 1.29 is 23.8 Å². The maximum atomic E-state index is 12.3. The summed E-state index contributed by atoms with van der Waals surface area (Å²) in [5, 5.41) is 6.75. The first kappa shape index (κ1) is 23.3. The summed E-state index contributed by atoms with van der Waals surface area (Å²) in [5.74, 6) is 0.902. The van der Waals surface area contributed by atoms with Crippen molar-refractivity contribution in [2.75, 3.05) is 26.1 Å². The number of aryl methyl sites for hydroxylation is 1. The summed E-state index contributed by atoms with van der Waals surface area (Å²) in [6, 6.07) is 19.3. The molecule has 3 aromatic rings. The Morgan fingerprint density at radius 2 is 1.61 bits per heavy atom. The van der Waals surface area contributed by atoms with Crippen molar-refractivity contribution in [2.45, 2.75) is 6.92 Å². The molecule has 0 spiro atoms. The van der Waals surface area contributed by atoms with Gasteiger partial charge in [-0.15, -0.1) is 0 Å². The van der Waals surface area contributed by atoms with E-state index in [-0.39, 0.29) is 18.4 Å². The number of hydrazone groups is 1. The lowest BCUT2D eigenvalue weighted by Crippen LogP contribution is -2.20. The maximum Gasteiger partial charge on any atom is 0.271 e. The Balaban J connectivity index is 1.48. The summed E-state index contributed by atoms with van der Waals surface area (Å²) >= 11 is 0. The topological polar surface area (TPSA) is 98.3 Å². The van der Waals surface area contributed by atoms with Gasteiger partial charge in [-0.25, -0.2) is 5.43 Å². The summed E-state index contributed by atoms with van der Waals surface area (Å²) in [5.41, 5.74) is 5.44. The third kappa shape index (κ3) is 6.83. The van der Waals surface area contributed by atoms with Gasteiger partial charge in [0.25, 0.3) is 11.8 Å². The van der Waals surface area contributed by atoms with Crippen molar-refractivity contribution >= 4 is 23.7 Å². The van der Waals surface area contributed by atoms with Crippen molar-refractivity contribution in [2.24, 2.45) is 5.10 Å². The zero-order valence-corrected chi connectivity index (χ0v) is 18.6. The highest BCUT2D eigenvalue weighted by Crippen LogP contribution is 2.27. The fourth-order valence-corrected chi connectivity index (χ4v) is 2.84. The van der Waals surface area contributed by atoms with E-state index in [2.05, 4.69) is 15.8 Å². The van der Waals surface area contributed by atoms with E-state index in [0.29, 0.717) is 22.8 Å². The molecule has 0 radical (unpaired) electrons. The Morgan fingerprint density at radius 1 is 0.909 bits per heavy atom. The van der Waals surface area contributed by atoms with E-state index in [0.717, 1.165) is 16.8 Å². The molecular weight excluding hydrogens is 422 g/mol. The lowest BCUT2D eigenvalue weighted by molar-refractivity contribution is -0.118. The van der Waals surface area contributed by atoms with Gasteiger partial charge in [0, 0.05) is 11.3 Å². The van der Waals surface area contributed by atoms with Gasteiger partial charge in [0.1, 0.15) is 5.75 Å². The summed E-state index contributed by atoms with van der Waals surface area (Å²) in [6.07, 6.45) is 1.51. The Kier molecular flexibility index (Phi) is 8.02. The highest BCUT2D eigenvalue weighted by Gasteiger charge is 2.10. The second kappa shape index (κ2) is 11.3. The second-order valence-electron chi connectivity index (χ2n) is 7.04. The zero-order chi connectivity index (χ0) is 23.6. The average Bonchev–Trinajstić information content (AvgIpc) is 2.84. The monoisotopic (exact) mass is 447 g/mol. The van der Waals surface area contributed by atoms with E-state index in [4.69, 9.17) is 14.2 Å². The zero-order valence-electron chi connectivity index (χ0n) is 18.6. The number of hydrogen-bond donors (Lipinski definition) is 2. The highest BCUT2D eigenvalue weighted by atomic mass is 16.5. The van der Waals surface area contributed by atoms with Crippen LogP contribution in [0.4, 0.5) is 5.69 Å². The van der Waals surface area contributed by atoms with Crippen LogP contribution >= 0.6 is 0 Å². The van der Waals surface area contributed by atoms with Crippen molar-refractivity contribution in [1.82, 2.24) is 5.43 Å². The number of rotatable bonds is 9. The fraction of sp³-hybridized carbons (Fsp3) is 0.160. The maximum absolute atomic E-state index is 12.3. The van der Waals surface area contributed by atoms with Crippen LogP contribution in [0, 0.1) is 6.92 Å². The van der Waals surface area contributed by atoms with Crippen LogP contribution in [0.1, 0.15) is 21.5 Å². The molecule has 2 amide bonds. The Labute approximate surface area is 192 Å². The molecule has 0 atom stereocenters. The van der Waals surface area contributed by atoms with E-state index in [1.807, 2.05) is 31.2 Å². The summed E-state index contributed by atoms with van der Waals surface area (Å²) in [7, 11) is 3.03. The number of amides is 2. The van der Waals surface area contributed by atoms with Gasteiger partial charge < -0.3 is 19.5 Å². The molecule has 0 aromatic heterocycles. The fourth-order valence-electron chi connectivity index (χ4n) is 2.84. The van der Waals surface area contributed by atoms with Gasteiger partial charge >= 0.3 is 0 Å². The molecule has 0 heterocycles. The normalized spacial score (nSPS) is 10.5.